The molecule has 0 aliphatic heterocycles. The Kier molecular flexibility index (Phi) is 4.42. The first-order chi connectivity index (χ1) is 6.77. The van der Waals surface area contributed by atoms with E-state index in [1.165, 1.54) is 19.2 Å². The van der Waals surface area contributed by atoms with E-state index in [1.54, 1.807) is 18.2 Å². The molecule has 76 valence electrons. The molecule has 0 fully saturated rings. The molecule has 0 N–H and O–H groups in total. The summed E-state index contributed by atoms with van der Waals surface area (Å²) >= 11 is 1.26. The summed E-state index contributed by atoms with van der Waals surface area (Å²) in [7, 11) is 1.33. The van der Waals surface area contributed by atoms with Gasteiger partial charge in [-0.2, -0.15) is 0 Å². The summed E-state index contributed by atoms with van der Waals surface area (Å²) in [5, 5.41) is 0. The van der Waals surface area contributed by atoms with Crippen molar-refractivity contribution in [1.29, 1.82) is 0 Å². The molecule has 1 rings (SSSR count). The smallest absolute Gasteiger partial charge is 0.356 e. The fraction of sp³-hybridized carbons (Fsp3) is 0.333. The molecule has 14 heavy (non-hydrogen) atoms. The van der Waals surface area contributed by atoms with Crippen molar-refractivity contribution >= 4 is 18.0 Å². The van der Waals surface area contributed by atoms with Gasteiger partial charge in [-0.3, -0.25) is 0 Å². The van der Waals surface area contributed by atoms with Gasteiger partial charge in [0.05, 0.1) is 12.8 Å². The van der Waals surface area contributed by atoms with Crippen LogP contribution in [0, 0.1) is 0 Å². The number of carbonyl (C=O) groups excluding carboxylic acids is 1. The van der Waals surface area contributed by atoms with Gasteiger partial charge < -0.3 is 8.92 Å². The Labute approximate surface area is 86.8 Å². The van der Waals surface area contributed by atoms with Crippen molar-refractivity contribution < 1.29 is 13.7 Å². The number of ether oxygens (including phenoxy) is 1. The molecule has 0 amide bonds. The van der Waals surface area contributed by atoms with E-state index in [4.69, 9.17) is 4.18 Å². The lowest BCUT2D eigenvalue weighted by Gasteiger charge is -2.02. The maximum atomic E-state index is 11.1. The van der Waals surface area contributed by atoms with E-state index in [2.05, 4.69) is 9.72 Å². The second-order valence-electron chi connectivity index (χ2n) is 2.43. The third-order valence-electron chi connectivity index (χ3n) is 1.53. The van der Waals surface area contributed by atoms with Gasteiger partial charge in [0.1, 0.15) is 12.3 Å². The van der Waals surface area contributed by atoms with E-state index in [0.717, 1.165) is 0 Å². The molecule has 1 heterocycles. The fourth-order valence-electron chi connectivity index (χ4n) is 0.898. The van der Waals surface area contributed by atoms with Crippen LogP contribution in [0.2, 0.25) is 0 Å². The maximum absolute atomic E-state index is 11.1. The minimum absolute atomic E-state index is 0.301. The van der Waals surface area contributed by atoms with Crippen LogP contribution in [-0.2, 0) is 15.5 Å². The zero-order valence-corrected chi connectivity index (χ0v) is 8.84. The number of esters is 1. The summed E-state index contributed by atoms with van der Waals surface area (Å²) in [5.74, 6) is -0.434. The summed E-state index contributed by atoms with van der Waals surface area (Å²) in [6, 6.07) is 5.15. The van der Waals surface area contributed by atoms with Crippen LogP contribution in [0.3, 0.4) is 0 Å². The second-order valence-corrected chi connectivity index (χ2v) is 3.00. The molecule has 1 aromatic rings. The molecule has 4 nitrogen and oxygen atoms in total. The summed E-state index contributed by atoms with van der Waals surface area (Å²) in [4.78, 5) is 15.2. The normalized spacial score (nSPS) is 9.86. The Morgan fingerprint density at radius 2 is 2.36 bits per heavy atom. The molecule has 0 bridgehead atoms. The molecule has 0 aromatic carbocycles. The lowest BCUT2D eigenvalue weighted by Crippen LogP contribution is -2.05. The monoisotopic (exact) mass is 213 g/mol. The van der Waals surface area contributed by atoms with Crippen molar-refractivity contribution in [2.75, 3.05) is 13.4 Å². The molecule has 0 aliphatic rings. The molecule has 0 atom stereocenters. The number of pyridine rings is 1. The average molecular weight is 213 g/mol. The van der Waals surface area contributed by atoms with Crippen LogP contribution in [0.25, 0.3) is 0 Å². The Hall–Kier alpha value is -1.07. The van der Waals surface area contributed by atoms with Crippen LogP contribution < -0.4 is 0 Å². The Bertz CT molecular complexity index is 317. The summed E-state index contributed by atoms with van der Waals surface area (Å²) in [5.41, 5.74) is 1.01. The second kappa shape index (κ2) is 5.62. The zero-order valence-electron chi connectivity index (χ0n) is 8.02. The zero-order chi connectivity index (χ0) is 10.4. The van der Waals surface area contributed by atoms with Gasteiger partial charge in [-0.05, 0) is 24.2 Å². The highest BCUT2D eigenvalue weighted by atomic mass is 32.2. The van der Waals surface area contributed by atoms with E-state index >= 15 is 0 Å². The SMILES string of the molecule is COC(=O)c1cccc(COSC)n1. The van der Waals surface area contributed by atoms with Crippen LogP contribution in [0.15, 0.2) is 18.2 Å². The van der Waals surface area contributed by atoms with Crippen LogP contribution in [-0.4, -0.2) is 24.3 Å². The molecule has 5 heteroatoms. The predicted molar refractivity (Wildman–Crippen MR) is 53.9 cm³/mol. The lowest BCUT2D eigenvalue weighted by atomic mass is 10.3. The standard InChI is InChI=1S/C9H11NO3S/c1-12-9(11)8-5-3-4-7(10-8)6-13-14-2/h3-5H,6H2,1-2H3. The molecule has 0 saturated carbocycles. The number of rotatable bonds is 4. The number of aromatic nitrogens is 1. The van der Waals surface area contributed by atoms with E-state index in [1.807, 2.05) is 6.26 Å². The number of hydrogen-bond acceptors (Lipinski definition) is 5. The molecule has 0 saturated heterocycles. The summed E-state index contributed by atoms with van der Waals surface area (Å²) in [6.45, 7) is 0.381. The number of hydrogen-bond donors (Lipinski definition) is 0. The van der Waals surface area contributed by atoms with Crippen LogP contribution >= 0.6 is 12.0 Å². The molecular weight excluding hydrogens is 202 g/mol. The van der Waals surface area contributed by atoms with Gasteiger partial charge in [0.25, 0.3) is 0 Å². The van der Waals surface area contributed by atoms with Gasteiger partial charge in [-0.1, -0.05) is 6.07 Å². The highest BCUT2D eigenvalue weighted by molar-refractivity contribution is 7.93. The van der Waals surface area contributed by atoms with Gasteiger partial charge in [0.2, 0.25) is 0 Å². The molecule has 0 spiro atoms. The van der Waals surface area contributed by atoms with Gasteiger partial charge in [0, 0.05) is 6.26 Å². The van der Waals surface area contributed by atoms with Gasteiger partial charge in [-0.25, -0.2) is 9.78 Å². The van der Waals surface area contributed by atoms with Crippen molar-refractivity contribution in [3.8, 4) is 0 Å². The van der Waals surface area contributed by atoms with E-state index in [0.29, 0.717) is 18.0 Å². The van der Waals surface area contributed by atoms with E-state index < -0.39 is 5.97 Å². The minimum atomic E-state index is -0.434. The van der Waals surface area contributed by atoms with Crippen molar-refractivity contribution in [2.24, 2.45) is 0 Å². The maximum Gasteiger partial charge on any atom is 0.356 e. The third kappa shape index (κ3) is 3.01. The average Bonchev–Trinajstić information content (AvgIpc) is 2.25. The molecule has 0 radical (unpaired) electrons. The number of nitrogens with zero attached hydrogens (tertiary/aromatic N) is 1. The predicted octanol–water partition coefficient (Wildman–Crippen LogP) is 1.66. The molecule has 0 aliphatic carbocycles. The fourth-order valence-corrected chi connectivity index (χ4v) is 1.14. The first-order valence-corrected chi connectivity index (χ1v) is 5.12. The number of methoxy groups -OCH3 is 1. The van der Waals surface area contributed by atoms with Crippen molar-refractivity contribution in [3.05, 3.63) is 29.6 Å². The largest absolute Gasteiger partial charge is 0.464 e. The minimum Gasteiger partial charge on any atom is -0.464 e. The summed E-state index contributed by atoms with van der Waals surface area (Å²) < 4.78 is 9.64. The Morgan fingerprint density at radius 1 is 1.57 bits per heavy atom. The first-order valence-electron chi connectivity index (χ1n) is 3.97. The topological polar surface area (TPSA) is 48.4 Å². The molecule has 1 aromatic heterocycles. The van der Waals surface area contributed by atoms with Gasteiger partial charge in [-0.15, -0.1) is 0 Å². The van der Waals surface area contributed by atoms with Gasteiger partial charge in [0.15, 0.2) is 0 Å². The van der Waals surface area contributed by atoms with Crippen molar-refractivity contribution in [2.45, 2.75) is 6.61 Å². The van der Waals surface area contributed by atoms with Crippen LogP contribution in [0.1, 0.15) is 16.2 Å². The quantitative estimate of drug-likeness (QED) is 0.562. The Morgan fingerprint density at radius 3 is 3.00 bits per heavy atom. The van der Waals surface area contributed by atoms with Gasteiger partial charge >= 0.3 is 5.97 Å². The third-order valence-corrected chi connectivity index (χ3v) is 1.88. The first kappa shape index (κ1) is 11.0. The van der Waals surface area contributed by atoms with Crippen molar-refractivity contribution in [3.63, 3.8) is 0 Å². The van der Waals surface area contributed by atoms with E-state index in [-0.39, 0.29) is 0 Å². The number of carbonyl (C=O) groups is 1. The highest BCUT2D eigenvalue weighted by Crippen LogP contribution is 2.05. The molecular formula is C9H11NO3S. The summed E-state index contributed by atoms with van der Waals surface area (Å²) in [6.07, 6.45) is 1.82. The van der Waals surface area contributed by atoms with Crippen LogP contribution in [0.5, 0.6) is 0 Å². The molecule has 0 unspecified atom stereocenters. The lowest BCUT2D eigenvalue weighted by molar-refractivity contribution is 0.0593. The van der Waals surface area contributed by atoms with Crippen molar-refractivity contribution in [1.82, 2.24) is 4.98 Å². The van der Waals surface area contributed by atoms with E-state index in [9.17, 15) is 4.79 Å². The van der Waals surface area contributed by atoms with Crippen LogP contribution in [0.4, 0.5) is 0 Å². The highest BCUT2D eigenvalue weighted by Gasteiger charge is 2.06. The Balaban J connectivity index is 2.73.